The third-order valence-electron chi connectivity index (χ3n) is 5.82. The molecule has 1 aromatic heterocycles. The molecule has 0 saturated heterocycles. The molecule has 1 unspecified atom stereocenters. The Balaban J connectivity index is 1.36. The van der Waals surface area contributed by atoms with Crippen molar-refractivity contribution in [1.82, 2.24) is 9.97 Å². The maximum Gasteiger partial charge on any atom is 0.316 e. The topological polar surface area (TPSA) is 100 Å². The van der Waals surface area contributed by atoms with Crippen molar-refractivity contribution >= 4 is 5.97 Å². The van der Waals surface area contributed by atoms with Crippen LogP contribution in [0.1, 0.15) is 41.6 Å². The molecule has 1 N–H and O–H groups in total. The molecule has 2 heterocycles. The third-order valence-corrected chi connectivity index (χ3v) is 5.82. The molecule has 1 aliphatic heterocycles. The Hall–Kier alpha value is -3.88. The van der Waals surface area contributed by atoms with Gasteiger partial charge in [-0.3, -0.25) is 4.79 Å². The normalized spacial score (nSPS) is 18.2. The van der Waals surface area contributed by atoms with Gasteiger partial charge < -0.3 is 24.1 Å². The van der Waals surface area contributed by atoms with Crippen LogP contribution in [0.3, 0.4) is 0 Å². The number of halogens is 1. The number of nitrogens with zero attached hydrogens (tertiary/aromatic N) is 2. The molecule has 5 rings (SSSR count). The zero-order valence-electron chi connectivity index (χ0n) is 17.8. The molecule has 2 aromatic carbocycles. The number of aromatic nitrogens is 2. The zero-order valence-corrected chi connectivity index (χ0v) is 17.8. The van der Waals surface area contributed by atoms with E-state index in [-0.39, 0.29) is 24.2 Å². The van der Waals surface area contributed by atoms with Crippen molar-refractivity contribution in [2.45, 2.75) is 31.3 Å². The summed E-state index contributed by atoms with van der Waals surface area (Å²) < 4.78 is 37.4. The van der Waals surface area contributed by atoms with Crippen molar-refractivity contribution in [3.8, 4) is 29.0 Å². The summed E-state index contributed by atoms with van der Waals surface area (Å²) in [6.45, 7) is 0.321. The SMILES string of the molecule is COc1ncc(Oc2ccc(F)c3c2CC[C@H]3Oc2ccc3c(c2)OCC3CC(=O)O)cn1. The van der Waals surface area contributed by atoms with Gasteiger partial charge in [-0.25, -0.2) is 4.39 Å². The van der Waals surface area contributed by atoms with Gasteiger partial charge in [-0.1, -0.05) is 6.07 Å². The van der Waals surface area contributed by atoms with Gasteiger partial charge in [0.2, 0.25) is 0 Å². The number of aliphatic carboxylic acids is 1. The number of carbonyl (C=O) groups is 1. The minimum Gasteiger partial charge on any atom is -0.492 e. The maximum absolute atomic E-state index is 14.8. The molecule has 33 heavy (non-hydrogen) atoms. The van der Waals surface area contributed by atoms with Crippen molar-refractivity contribution in [1.29, 1.82) is 0 Å². The first kappa shape index (κ1) is 21.0. The second kappa shape index (κ2) is 8.57. The molecule has 1 aliphatic carbocycles. The van der Waals surface area contributed by atoms with Gasteiger partial charge in [0, 0.05) is 28.7 Å². The first-order valence-electron chi connectivity index (χ1n) is 10.5. The zero-order chi connectivity index (χ0) is 22.9. The lowest BCUT2D eigenvalue weighted by atomic mass is 9.98. The van der Waals surface area contributed by atoms with Crippen molar-refractivity contribution in [3.05, 3.63) is 65.2 Å². The Morgan fingerprint density at radius 3 is 2.79 bits per heavy atom. The standard InChI is InChI=1S/C24H21FN2O6/c1-30-24-26-10-15(11-27-24)33-19-7-5-18(25)23-17(19)4-6-20(23)32-14-2-3-16-13(8-22(28)29)12-31-21(16)9-14/h2-3,5,7,9-11,13,20H,4,6,8,12H2,1H3,(H,28,29)/t13?,20-/m1/s1. The molecule has 2 aliphatic rings. The summed E-state index contributed by atoms with van der Waals surface area (Å²) in [5, 5.41) is 9.06. The molecule has 170 valence electrons. The molecule has 9 heteroatoms. The minimum absolute atomic E-state index is 0.0103. The average Bonchev–Trinajstić information content (AvgIpc) is 3.41. The molecule has 0 radical (unpaired) electrons. The van der Waals surface area contributed by atoms with Crippen LogP contribution < -0.4 is 18.9 Å². The van der Waals surface area contributed by atoms with Gasteiger partial charge in [0.05, 0.1) is 32.5 Å². The van der Waals surface area contributed by atoms with E-state index in [4.69, 9.17) is 24.1 Å². The molecular formula is C24H21FN2O6. The molecule has 0 saturated carbocycles. The van der Waals surface area contributed by atoms with Gasteiger partial charge in [0.1, 0.15) is 29.2 Å². The summed E-state index contributed by atoms with van der Waals surface area (Å²) in [5.41, 5.74) is 2.06. The fourth-order valence-corrected chi connectivity index (χ4v) is 4.32. The first-order valence-corrected chi connectivity index (χ1v) is 10.5. The van der Waals surface area contributed by atoms with E-state index in [1.807, 2.05) is 6.07 Å². The van der Waals surface area contributed by atoms with Crippen LogP contribution in [0, 0.1) is 5.82 Å². The number of ether oxygens (including phenoxy) is 4. The second-order valence-electron chi connectivity index (χ2n) is 7.90. The molecule has 0 fully saturated rings. The van der Waals surface area contributed by atoms with Crippen LogP contribution in [0.25, 0.3) is 0 Å². The van der Waals surface area contributed by atoms with Crippen molar-refractivity contribution in [2.24, 2.45) is 0 Å². The molecule has 0 amide bonds. The van der Waals surface area contributed by atoms with E-state index in [1.54, 1.807) is 18.2 Å². The lowest BCUT2D eigenvalue weighted by molar-refractivity contribution is -0.137. The molecular weight excluding hydrogens is 431 g/mol. The minimum atomic E-state index is -0.867. The molecule has 3 aromatic rings. The van der Waals surface area contributed by atoms with Crippen LogP contribution in [0.2, 0.25) is 0 Å². The lowest BCUT2D eigenvalue weighted by Gasteiger charge is -2.17. The smallest absolute Gasteiger partial charge is 0.316 e. The highest BCUT2D eigenvalue weighted by atomic mass is 19.1. The van der Waals surface area contributed by atoms with Crippen LogP contribution in [0.5, 0.6) is 29.0 Å². The van der Waals surface area contributed by atoms with E-state index in [2.05, 4.69) is 9.97 Å². The lowest BCUT2D eigenvalue weighted by Crippen LogP contribution is -2.07. The van der Waals surface area contributed by atoms with Crippen LogP contribution in [0.4, 0.5) is 4.39 Å². The van der Waals surface area contributed by atoms with Crippen molar-refractivity contribution < 1.29 is 33.2 Å². The maximum atomic E-state index is 14.8. The Bertz CT molecular complexity index is 1200. The summed E-state index contributed by atoms with van der Waals surface area (Å²) in [6, 6.07) is 8.51. The number of carboxylic acids is 1. The largest absolute Gasteiger partial charge is 0.492 e. The van der Waals surface area contributed by atoms with Crippen LogP contribution in [-0.2, 0) is 11.2 Å². The quantitative estimate of drug-likeness (QED) is 0.562. The van der Waals surface area contributed by atoms with Gasteiger partial charge in [-0.2, -0.15) is 9.97 Å². The van der Waals surface area contributed by atoms with E-state index in [0.717, 1.165) is 11.1 Å². The van der Waals surface area contributed by atoms with E-state index in [0.29, 0.717) is 48.0 Å². The summed E-state index contributed by atoms with van der Waals surface area (Å²) in [6.07, 6.45) is 3.69. The van der Waals surface area contributed by atoms with Crippen LogP contribution in [0.15, 0.2) is 42.7 Å². The fraction of sp³-hybridized carbons (Fsp3) is 0.292. The second-order valence-corrected chi connectivity index (χ2v) is 7.90. The van der Waals surface area contributed by atoms with Gasteiger partial charge in [-0.05, 0) is 31.0 Å². The van der Waals surface area contributed by atoms with Crippen molar-refractivity contribution in [2.75, 3.05) is 13.7 Å². The summed E-state index contributed by atoms with van der Waals surface area (Å²) in [4.78, 5) is 19.1. The monoisotopic (exact) mass is 452 g/mol. The number of carboxylic acid groups (broad SMARTS) is 1. The van der Waals surface area contributed by atoms with Gasteiger partial charge in [0.25, 0.3) is 0 Å². The Kier molecular flexibility index (Phi) is 5.45. The number of hydrogen-bond donors (Lipinski definition) is 1. The van der Waals surface area contributed by atoms with E-state index >= 15 is 0 Å². The molecule has 0 spiro atoms. The van der Waals surface area contributed by atoms with Crippen LogP contribution >= 0.6 is 0 Å². The van der Waals surface area contributed by atoms with Crippen LogP contribution in [-0.4, -0.2) is 34.8 Å². The number of fused-ring (bicyclic) bond motifs is 2. The Morgan fingerprint density at radius 2 is 2.03 bits per heavy atom. The van der Waals surface area contributed by atoms with E-state index < -0.39 is 12.1 Å². The summed E-state index contributed by atoms with van der Waals surface area (Å²) in [7, 11) is 1.48. The predicted octanol–water partition coefficient (Wildman–Crippen LogP) is 4.43. The highest BCUT2D eigenvalue weighted by Gasteiger charge is 2.32. The summed E-state index contributed by atoms with van der Waals surface area (Å²) >= 11 is 0. The van der Waals surface area contributed by atoms with E-state index in [1.165, 1.54) is 25.6 Å². The highest BCUT2D eigenvalue weighted by Crippen LogP contribution is 2.44. The highest BCUT2D eigenvalue weighted by molar-refractivity contribution is 5.68. The third kappa shape index (κ3) is 4.13. The molecule has 8 nitrogen and oxygen atoms in total. The number of rotatable bonds is 7. The molecule has 0 bridgehead atoms. The molecule has 2 atom stereocenters. The summed E-state index contributed by atoms with van der Waals surface area (Å²) in [5.74, 6) is 0.684. The Labute approximate surface area is 188 Å². The fourth-order valence-electron chi connectivity index (χ4n) is 4.32. The van der Waals surface area contributed by atoms with Gasteiger partial charge in [0.15, 0.2) is 5.75 Å². The number of benzene rings is 2. The van der Waals surface area contributed by atoms with E-state index in [9.17, 15) is 9.18 Å². The van der Waals surface area contributed by atoms with Gasteiger partial charge >= 0.3 is 12.0 Å². The number of hydrogen-bond acceptors (Lipinski definition) is 7. The first-order chi connectivity index (χ1) is 16.0. The Morgan fingerprint density at radius 1 is 1.21 bits per heavy atom. The number of methoxy groups -OCH3 is 1. The predicted molar refractivity (Wildman–Crippen MR) is 114 cm³/mol. The van der Waals surface area contributed by atoms with Crippen molar-refractivity contribution in [3.63, 3.8) is 0 Å². The van der Waals surface area contributed by atoms with Gasteiger partial charge in [-0.15, -0.1) is 0 Å². The average molecular weight is 452 g/mol.